The number of hydrogen-bond donors (Lipinski definition) is 1. The van der Waals surface area contributed by atoms with E-state index in [-0.39, 0.29) is 17.7 Å². The second-order valence-corrected chi connectivity index (χ2v) is 5.57. The summed E-state index contributed by atoms with van der Waals surface area (Å²) >= 11 is 5.80. The lowest BCUT2D eigenvalue weighted by Crippen LogP contribution is -2.28. The molecule has 1 aliphatic rings. The summed E-state index contributed by atoms with van der Waals surface area (Å²) in [4.78, 5) is 26.6. The van der Waals surface area contributed by atoms with Gasteiger partial charge in [-0.3, -0.25) is 14.5 Å². The van der Waals surface area contributed by atoms with Gasteiger partial charge >= 0.3 is 0 Å². The molecule has 1 aliphatic heterocycles. The molecule has 0 atom stereocenters. The van der Waals surface area contributed by atoms with E-state index in [0.717, 1.165) is 11.3 Å². The molecule has 0 saturated heterocycles. The minimum absolute atomic E-state index is 0.157. The van der Waals surface area contributed by atoms with E-state index in [2.05, 4.69) is 5.32 Å². The third kappa shape index (κ3) is 1.93. The van der Waals surface area contributed by atoms with Crippen molar-refractivity contribution in [2.24, 2.45) is 7.05 Å². The Hall–Kier alpha value is -2.27. The number of carbonyl (C=O) groups is 2. The largest absolute Gasteiger partial charge is 0.342 e. The average molecular weight is 318 g/mol. The zero-order valence-corrected chi connectivity index (χ0v) is 13.4. The van der Waals surface area contributed by atoms with E-state index in [1.165, 1.54) is 4.90 Å². The average Bonchev–Trinajstić information content (AvgIpc) is 2.67. The summed E-state index contributed by atoms with van der Waals surface area (Å²) in [6.45, 7) is 3.83. The predicted molar refractivity (Wildman–Crippen MR) is 87.1 cm³/mol. The molecule has 1 aromatic heterocycles. The molecule has 0 unspecified atom stereocenters. The van der Waals surface area contributed by atoms with Crippen LogP contribution in [0.2, 0.25) is 0 Å². The maximum absolute atomic E-state index is 12.6. The van der Waals surface area contributed by atoms with Crippen LogP contribution in [0.3, 0.4) is 0 Å². The van der Waals surface area contributed by atoms with Crippen LogP contribution in [0.5, 0.6) is 0 Å². The number of aromatic nitrogens is 1. The molecule has 2 aromatic rings. The number of halogens is 1. The maximum Gasteiger partial charge on any atom is 0.274 e. The van der Waals surface area contributed by atoms with Gasteiger partial charge in [-0.05, 0) is 31.5 Å². The van der Waals surface area contributed by atoms with Crippen LogP contribution in [-0.4, -0.2) is 22.3 Å². The van der Waals surface area contributed by atoms with Crippen LogP contribution in [0.15, 0.2) is 24.3 Å². The maximum atomic E-state index is 12.6. The van der Waals surface area contributed by atoms with Crippen LogP contribution >= 0.6 is 11.6 Å². The number of rotatable bonds is 1. The number of amides is 2. The fraction of sp³-hybridized carbons (Fsp3) is 0.250. The molecule has 2 heterocycles. The van der Waals surface area contributed by atoms with E-state index >= 15 is 0 Å². The monoisotopic (exact) mass is 317 g/mol. The van der Waals surface area contributed by atoms with Crippen LogP contribution in [0.4, 0.5) is 17.1 Å². The first-order valence-corrected chi connectivity index (χ1v) is 7.46. The third-order valence-electron chi connectivity index (χ3n) is 4.16. The third-order valence-corrected chi connectivity index (χ3v) is 4.38. The Balaban J connectivity index is 2.38. The number of alkyl halides is 1. The summed E-state index contributed by atoms with van der Waals surface area (Å²) in [5.74, 6) is -0.651. The number of anilines is 3. The summed E-state index contributed by atoms with van der Waals surface area (Å²) in [5.41, 5.74) is 4.13. The summed E-state index contributed by atoms with van der Waals surface area (Å²) in [6.07, 6.45) is 0. The fourth-order valence-electron chi connectivity index (χ4n) is 2.86. The summed E-state index contributed by atoms with van der Waals surface area (Å²) in [5, 5.41) is 2.87. The number of nitrogens with zero attached hydrogens (tertiary/aromatic N) is 2. The van der Waals surface area contributed by atoms with E-state index in [1.807, 2.05) is 33.0 Å². The normalized spacial score (nSPS) is 13.3. The van der Waals surface area contributed by atoms with Gasteiger partial charge in [0.1, 0.15) is 11.6 Å². The number of nitrogens with one attached hydrogen (secondary N) is 1. The van der Waals surface area contributed by atoms with Gasteiger partial charge in [0.15, 0.2) is 0 Å². The van der Waals surface area contributed by atoms with Crippen molar-refractivity contribution < 1.29 is 9.59 Å². The van der Waals surface area contributed by atoms with Gasteiger partial charge in [0.25, 0.3) is 5.91 Å². The van der Waals surface area contributed by atoms with E-state index in [0.29, 0.717) is 22.8 Å². The second kappa shape index (κ2) is 5.18. The van der Waals surface area contributed by atoms with Gasteiger partial charge in [0, 0.05) is 12.7 Å². The first-order chi connectivity index (χ1) is 10.5. The predicted octanol–water partition coefficient (Wildman–Crippen LogP) is 3.11. The minimum Gasteiger partial charge on any atom is -0.342 e. The van der Waals surface area contributed by atoms with Crippen molar-refractivity contribution in [3.63, 3.8) is 0 Å². The number of para-hydroxylation sites is 2. The molecule has 1 aromatic carbocycles. The lowest BCUT2D eigenvalue weighted by atomic mass is 10.1. The highest BCUT2D eigenvalue weighted by Crippen LogP contribution is 2.41. The highest BCUT2D eigenvalue weighted by atomic mass is 35.5. The van der Waals surface area contributed by atoms with Gasteiger partial charge in [0.2, 0.25) is 5.91 Å². The first-order valence-electron chi connectivity index (χ1n) is 6.92. The van der Waals surface area contributed by atoms with Crippen molar-refractivity contribution in [3.8, 4) is 0 Å². The Morgan fingerprint density at radius 1 is 1.27 bits per heavy atom. The SMILES string of the molecule is Cc1c2c(n(C)c1C)C(=O)Nc1ccccc1N2C(=O)CCl. The van der Waals surface area contributed by atoms with Crippen LogP contribution in [0.25, 0.3) is 0 Å². The number of fused-ring (bicyclic) bond motifs is 2. The molecule has 5 nitrogen and oxygen atoms in total. The molecule has 22 heavy (non-hydrogen) atoms. The van der Waals surface area contributed by atoms with Crippen molar-refractivity contribution >= 4 is 40.5 Å². The van der Waals surface area contributed by atoms with E-state index < -0.39 is 0 Å². The van der Waals surface area contributed by atoms with Gasteiger partial charge in [-0.2, -0.15) is 0 Å². The molecule has 0 bridgehead atoms. The minimum atomic E-state index is -0.263. The Bertz CT molecular complexity index is 795. The Morgan fingerprint density at radius 3 is 2.64 bits per heavy atom. The molecule has 0 radical (unpaired) electrons. The molecule has 0 spiro atoms. The zero-order chi connectivity index (χ0) is 16.0. The fourth-order valence-corrected chi connectivity index (χ4v) is 2.98. The molecule has 114 valence electrons. The van der Waals surface area contributed by atoms with Gasteiger partial charge in [-0.25, -0.2) is 0 Å². The van der Waals surface area contributed by atoms with Gasteiger partial charge in [-0.15, -0.1) is 11.6 Å². The molecule has 2 amide bonds. The molecular formula is C16H16ClN3O2. The zero-order valence-electron chi connectivity index (χ0n) is 12.6. The van der Waals surface area contributed by atoms with Crippen LogP contribution < -0.4 is 10.2 Å². The smallest absolute Gasteiger partial charge is 0.274 e. The van der Waals surface area contributed by atoms with Gasteiger partial charge in [0.05, 0.1) is 17.1 Å². The van der Waals surface area contributed by atoms with Crippen LogP contribution in [-0.2, 0) is 11.8 Å². The molecule has 0 aliphatic carbocycles. The summed E-state index contributed by atoms with van der Waals surface area (Å²) < 4.78 is 1.81. The van der Waals surface area contributed by atoms with Crippen molar-refractivity contribution in [3.05, 3.63) is 41.2 Å². The van der Waals surface area contributed by atoms with Gasteiger partial charge in [-0.1, -0.05) is 12.1 Å². The lowest BCUT2D eigenvalue weighted by Gasteiger charge is -2.22. The van der Waals surface area contributed by atoms with E-state index in [4.69, 9.17) is 11.6 Å². The van der Waals surface area contributed by atoms with Crippen molar-refractivity contribution in [2.75, 3.05) is 16.1 Å². The number of carbonyl (C=O) groups excluding carboxylic acids is 2. The summed E-state index contributed by atoms with van der Waals surface area (Å²) in [7, 11) is 1.82. The standard InChI is InChI=1S/C16H16ClN3O2/c1-9-10(2)19(3)15-14(9)20(13(21)8-17)12-7-5-4-6-11(12)18-16(15)22/h4-7H,8H2,1-3H3,(H,18,22). The van der Waals surface area contributed by atoms with Crippen molar-refractivity contribution in [2.45, 2.75) is 13.8 Å². The highest BCUT2D eigenvalue weighted by molar-refractivity contribution is 6.31. The Morgan fingerprint density at radius 2 is 1.95 bits per heavy atom. The molecule has 3 rings (SSSR count). The van der Waals surface area contributed by atoms with E-state index in [1.54, 1.807) is 16.7 Å². The van der Waals surface area contributed by atoms with E-state index in [9.17, 15) is 9.59 Å². The van der Waals surface area contributed by atoms with Crippen molar-refractivity contribution in [1.82, 2.24) is 4.57 Å². The topological polar surface area (TPSA) is 54.3 Å². The number of hydrogen-bond acceptors (Lipinski definition) is 2. The second-order valence-electron chi connectivity index (χ2n) is 5.30. The summed E-state index contributed by atoms with van der Waals surface area (Å²) in [6, 6.07) is 7.22. The molecule has 1 N–H and O–H groups in total. The lowest BCUT2D eigenvalue weighted by molar-refractivity contribution is -0.115. The molecule has 0 fully saturated rings. The van der Waals surface area contributed by atoms with Crippen molar-refractivity contribution in [1.29, 1.82) is 0 Å². The highest BCUT2D eigenvalue weighted by Gasteiger charge is 2.33. The van der Waals surface area contributed by atoms with Crippen LogP contribution in [0, 0.1) is 13.8 Å². The molecule has 0 saturated carbocycles. The Kier molecular flexibility index (Phi) is 3.45. The molecular weight excluding hydrogens is 302 g/mol. The number of benzene rings is 1. The quantitative estimate of drug-likeness (QED) is 0.822. The van der Waals surface area contributed by atoms with Gasteiger partial charge < -0.3 is 9.88 Å². The van der Waals surface area contributed by atoms with Crippen LogP contribution in [0.1, 0.15) is 21.7 Å². The Labute approximate surface area is 133 Å². The molecule has 6 heteroatoms. The first kappa shape index (κ1) is 14.7.